The lowest BCUT2D eigenvalue weighted by Crippen LogP contribution is -2.18. The number of cyclic esters (lactones) is 1. The summed E-state index contributed by atoms with van der Waals surface area (Å²) in [5, 5.41) is 0. The molecule has 1 aliphatic heterocycles. The number of ether oxygens (including phenoxy) is 1. The van der Waals surface area contributed by atoms with Crippen LogP contribution in [0.15, 0.2) is 0 Å². The van der Waals surface area contributed by atoms with Crippen LogP contribution < -0.4 is 0 Å². The van der Waals surface area contributed by atoms with Crippen molar-refractivity contribution in [3.05, 3.63) is 0 Å². The molecule has 4 heteroatoms. The highest BCUT2D eigenvalue weighted by Gasteiger charge is 2.26. The molecule has 0 aliphatic carbocycles. The fourth-order valence-electron chi connectivity index (χ4n) is 0.526. The molecule has 0 spiro atoms. The van der Waals surface area contributed by atoms with E-state index in [9.17, 15) is 9.18 Å². The molecule has 60 valence electrons. The molecule has 0 aromatic rings. The molecule has 1 heterocycles. The fraction of sp³-hybridized carbons (Fsp3) is 0.833. The SMILES string of the molecule is CC.CN1CC(F)OC1=O. The molecular weight excluding hydrogens is 137 g/mol. The molecule has 1 atom stereocenters. The Morgan fingerprint density at radius 3 is 2.30 bits per heavy atom. The maximum Gasteiger partial charge on any atom is 0.412 e. The summed E-state index contributed by atoms with van der Waals surface area (Å²) in [6.07, 6.45) is -2.01. The first-order valence-electron chi connectivity index (χ1n) is 3.26. The summed E-state index contributed by atoms with van der Waals surface area (Å²) in [6, 6.07) is 0. The third-order valence-corrected chi connectivity index (χ3v) is 0.958. The van der Waals surface area contributed by atoms with Gasteiger partial charge in [-0.2, -0.15) is 4.39 Å². The smallest absolute Gasteiger partial charge is 0.412 e. The maximum atomic E-state index is 11.9. The van der Waals surface area contributed by atoms with E-state index in [-0.39, 0.29) is 6.54 Å². The summed E-state index contributed by atoms with van der Waals surface area (Å²) < 4.78 is 16.0. The zero-order valence-corrected chi connectivity index (χ0v) is 6.43. The van der Waals surface area contributed by atoms with Gasteiger partial charge in [0.25, 0.3) is 6.36 Å². The van der Waals surface area contributed by atoms with E-state index >= 15 is 0 Å². The molecule has 3 nitrogen and oxygen atoms in total. The quantitative estimate of drug-likeness (QED) is 0.521. The molecule has 0 radical (unpaired) electrons. The molecule has 10 heavy (non-hydrogen) atoms. The summed E-state index contributed by atoms with van der Waals surface area (Å²) in [7, 11) is 1.49. The molecule has 1 aliphatic rings. The standard InChI is InChI=1S/C4H6FNO2.C2H6/c1-6-2-3(5)8-4(6)7;1-2/h3H,2H2,1H3;1-2H3. The Bertz CT molecular complexity index is 118. The van der Waals surface area contributed by atoms with Gasteiger partial charge in [-0.1, -0.05) is 13.8 Å². The summed E-state index contributed by atoms with van der Waals surface area (Å²) in [6.45, 7) is 4.05. The molecule has 1 unspecified atom stereocenters. The van der Waals surface area contributed by atoms with Crippen molar-refractivity contribution in [2.45, 2.75) is 20.2 Å². The Balaban J connectivity index is 0.000000371. The van der Waals surface area contributed by atoms with Crippen LogP contribution in [-0.4, -0.2) is 30.9 Å². The molecule has 1 fully saturated rings. The van der Waals surface area contributed by atoms with Crippen molar-refractivity contribution in [3.8, 4) is 0 Å². The number of hydrogen-bond donors (Lipinski definition) is 0. The van der Waals surface area contributed by atoms with Crippen LogP contribution in [0.2, 0.25) is 0 Å². The van der Waals surface area contributed by atoms with Gasteiger partial charge >= 0.3 is 6.09 Å². The summed E-state index contributed by atoms with van der Waals surface area (Å²) in [5.41, 5.74) is 0. The Morgan fingerprint density at radius 1 is 1.70 bits per heavy atom. The molecule has 1 saturated heterocycles. The first-order chi connectivity index (χ1) is 4.70. The molecule has 1 rings (SSSR count). The van der Waals surface area contributed by atoms with E-state index in [0.29, 0.717) is 0 Å². The average Bonchev–Trinajstić information content (AvgIpc) is 2.16. The van der Waals surface area contributed by atoms with Crippen molar-refractivity contribution in [3.63, 3.8) is 0 Å². The van der Waals surface area contributed by atoms with Crippen molar-refractivity contribution in [1.82, 2.24) is 4.90 Å². The van der Waals surface area contributed by atoms with E-state index in [1.54, 1.807) is 0 Å². The zero-order chi connectivity index (χ0) is 8.15. The molecule has 0 saturated carbocycles. The normalized spacial score (nSPS) is 23.4. The molecular formula is C6H12FNO2. The summed E-state index contributed by atoms with van der Waals surface area (Å²) >= 11 is 0. The Morgan fingerprint density at radius 2 is 2.20 bits per heavy atom. The lowest BCUT2D eigenvalue weighted by Gasteiger charge is -1.98. The van der Waals surface area contributed by atoms with Crippen LogP contribution in [0.25, 0.3) is 0 Å². The number of carbonyl (C=O) groups is 1. The third-order valence-electron chi connectivity index (χ3n) is 0.958. The van der Waals surface area contributed by atoms with E-state index in [1.807, 2.05) is 13.8 Å². The first kappa shape index (κ1) is 9.20. The summed E-state index contributed by atoms with van der Waals surface area (Å²) in [4.78, 5) is 11.4. The Labute approximate surface area is 59.8 Å². The van der Waals surface area contributed by atoms with E-state index in [1.165, 1.54) is 11.9 Å². The highest BCUT2D eigenvalue weighted by Crippen LogP contribution is 2.08. The second-order valence-corrected chi connectivity index (χ2v) is 1.67. The van der Waals surface area contributed by atoms with Gasteiger partial charge in [0, 0.05) is 7.05 Å². The Kier molecular flexibility index (Phi) is 3.76. The first-order valence-corrected chi connectivity index (χ1v) is 3.26. The number of halogens is 1. The van der Waals surface area contributed by atoms with Crippen LogP contribution in [0.3, 0.4) is 0 Å². The molecule has 0 bridgehead atoms. The lowest BCUT2D eigenvalue weighted by atomic mass is 10.6. The van der Waals surface area contributed by atoms with Gasteiger partial charge in [0.1, 0.15) is 0 Å². The van der Waals surface area contributed by atoms with E-state index in [4.69, 9.17) is 0 Å². The number of alkyl halides is 1. The highest BCUT2D eigenvalue weighted by atomic mass is 19.1. The largest absolute Gasteiger partial charge is 0.413 e. The van der Waals surface area contributed by atoms with Crippen molar-refractivity contribution >= 4 is 6.09 Å². The molecule has 0 aromatic heterocycles. The molecule has 1 amide bonds. The van der Waals surface area contributed by atoms with Gasteiger partial charge in [0.2, 0.25) is 0 Å². The van der Waals surface area contributed by atoms with Crippen LogP contribution in [-0.2, 0) is 4.74 Å². The topological polar surface area (TPSA) is 29.5 Å². The number of nitrogens with zero attached hydrogens (tertiary/aromatic N) is 1. The number of amides is 1. The van der Waals surface area contributed by atoms with Crippen molar-refractivity contribution in [2.24, 2.45) is 0 Å². The number of hydrogen-bond acceptors (Lipinski definition) is 2. The highest BCUT2D eigenvalue weighted by molar-refractivity contribution is 5.69. The minimum atomic E-state index is -1.42. The predicted molar refractivity (Wildman–Crippen MR) is 35.4 cm³/mol. The zero-order valence-electron chi connectivity index (χ0n) is 6.43. The lowest BCUT2D eigenvalue weighted by molar-refractivity contribution is 0.0574. The van der Waals surface area contributed by atoms with Gasteiger partial charge in [-0.15, -0.1) is 0 Å². The van der Waals surface area contributed by atoms with Gasteiger partial charge in [0.15, 0.2) is 0 Å². The third kappa shape index (κ3) is 2.21. The Hall–Kier alpha value is -0.800. The fourth-order valence-corrected chi connectivity index (χ4v) is 0.526. The monoisotopic (exact) mass is 149 g/mol. The number of likely N-dealkylation sites (N-methyl/N-ethyl adjacent to an activating group) is 1. The van der Waals surface area contributed by atoms with Gasteiger partial charge in [-0.25, -0.2) is 4.79 Å². The van der Waals surface area contributed by atoms with Gasteiger partial charge in [-0.05, 0) is 0 Å². The van der Waals surface area contributed by atoms with Crippen LogP contribution in [0.4, 0.5) is 9.18 Å². The van der Waals surface area contributed by atoms with E-state index < -0.39 is 12.5 Å². The average molecular weight is 149 g/mol. The van der Waals surface area contributed by atoms with Crippen LogP contribution in [0.5, 0.6) is 0 Å². The maximum absolute atomic E-state index is 11.9. The van der Waals surface area contributed by atoms with Crippen molar-refractivity contribution < 1.29 is 13.9 Å². The second kappa shape index (κ2) is 4.09. The van der Waals surface area contributed by atoms with Crippen LogP contribution in [0.1, 0.15) is 13.8 Å². The minimum absolute atomic E-state index is 0.0544. The van der Waals surface area contributed by atoms with E-state index in [2.05, 4.69) is 4.74 Å². The van der Waals surface area contributed by atoms with Gasteiger partial charge < -0.3 is 9.64 Å². The van der Waals surface area contributed by atoms with Crippen molar-refractivity contribution in [2.75, 3.05) is 13.6 Å². The van der Waals surface area contributed by atoms with Crippen LogP contribution in [0, 0.1) is 0 Å². The summed E-state index contributed by atoms with van der Waals surface area (Å²) in [5.74, 6) is 0. The van der Waals surface area contributed by atoms with E-state index in [0.717, 1.165) is 0 Å². The van der Waals surface area contributed by atoms with Gasteiger partial charge in [0.05, 0.1) is 6.54 Å². The minimum Gasteiger partial charge on any atom is -0.413 e. The van der Waals surface area contributed by atoms with Crippen LogP contribution >= 0.6 is 0 Å². The predicted octanol–water partition coefficient (Wildman–Crippen LogP) is 1.39. The second-order valence-electron chi connectivity index (χ2n) is 1.67. The number of carbonyl (C=O) groups excluding carboxylic acids is 1. The molecule has 0 N–H and O–H groups in total. The molecule has 0 aromatic carbocycles. The van der Waals surface area contributed by atoms with Gasteiger partial charge in [-0.3, -0.25) is 0 Å². The number of rotatable bonds is 0. The van der Waals surface area contributed by atoms with Crippen molar-refractivity contribution in [1.29, 1.82) is 0 Å².